The molecule has 1 saturated heterocycles. The van der Waals surface area contributed by atoms with Crippen molar-refractivity contribution in [1.29, 1.82) is 0 Å². The molecule has 21 heavy (non-hydrogen) atoms. The topological polar surface area (TPSA) is 44.4 Å². The lowest BCUT2D eigenvalue weighted by Gasteiger charge is -2.32. The van der Waals surface area contributed by atoms with Crippen LogP contribution in [0.2, 0.25) is 0 Å². The first-order chi connectivity index (χ1) is 10.2. The number of carbonyl (C=O) groups excluding carboxylic acids is 1. The summed E-state index contributed by atoms with van der Waals surface area (Å²) in [6.45, 7) is 8.18. The molecular weight excluding hydrogens is 262 g/mol. The van der Waals surface area contributed by atoms with E-state index in [1.807, 2.05) is 24.3 Å². The number of likely N-dealkylation sites (tertiary alicyclic amines) is 1. The normalized spacial score (nSPS) is 17.2. The third kappa shape index (κ3) is 4.74. The average Bonchev–Trinajstić information content (AvgIpc) is 2.54. The molecule has 1 aromatic carbocycles. The molecule has 0 aromatic heterocycles. The van der Waals surface area contributed by atoms with Gasteiger partial charge in [-0.15, -0.1) is 0 Å². The molecule has 1 unspecified atom stereocenters. The van der Waals surface area contributed by atoms with E-state index >= 15 is 0 Å². The van der Waals surface area contributed by atoms with Crippen molar-refractivity contribution in [3.8, 4) is 0 Å². The number of anilines is 1. The second-order valence-corrected chi connectivity index (χ2v) is 5.76. The average molecular weight is 289 g/mol. The van der Waals surface area contributed by atoms with E-state index in [0.717, 1.165) is 30.9 Å². The van der Waals surface area contributed by atoms with E-state index in [9.17, 15) is 4.79 Å². The number of amides is 1. The first-order valence-electron chi connectivity index (χ1n) is 8.07. The van der Waals surface area contributed by atoms with Gasteiger partial charge in [-0.05, 0) is 64.0 Å². The fourth-order valence-electron chi connectivity index (χ4n) is 2.77. The minimum atomic E-state index is 0.0157. The molecule has 1 heterocycles. The van der Waals surface area contributed by atoms with Crippen LogP contribution in [-0.4, -0.2) is 43.0 Å². The van der Waals surface area contributed by atoms with E-state index in [0.29, 0.717) is 12.6 Å². The highest BCUT2D eigenvalue weighted by Gasteiger charge is 2.17. The van der Waals surface area contributed by atoms with Crippen LogP contribution in [0.25, 0.3) is 0 Å². The Morgan fingerprint density at radius 2 is 1.86 bits per heavy atom. The largest absolute Gasteiger partial charge is 0.385 e. The maximum Gasteiger partial charge on any atom is 0.251 e. The van der Waals surface area contributed by atoms with E-state index in [4.69, 9.17) is 0 Å². The lowest BCUT2D eigenvalue weighted by Crippen LogP contribution is -2.44. The molecule has 116 valence electrons. The lowest BCUT2D eigenvalue weighted by molar-refractivity contribution is 0.0930. The predicted octanol–water partition coefficient (Wildman–Crippen LogP) is 2.72. The van der Waals surface area contributed by atoms with Crippen LogP contribution < -0.4 is 10.6 Å². The number of nitrogens with one attached hydrogen (secondary N) is 2. The summed E-state index contributed by atoms with van der Waals surface area (Å²) in [5.74, 6) is 0.0157. The molecule has 2 N–H and O–H groups in total. The van der Waals surface area contributed by atoms with Crippen molar-refractivity contribution in [1.82, 2.24) is 10.2 Å². The summed E-state index contributed by atoms with van der Waals surface area (Å²) in [4.78, 5) is 14.6. The van der Waals surface area contributed by atoms with Crippen LogP contribution in [0, 0.1) is 0 Å². The van der Waals surface area contributed by atoms with Gasteiger partial charge in [0.1, 0.15) is 0 Å². The first-order valence-corrected chi connectivity index (χ1v) is 8.07. The Bertz CT molecular complexity index is 438. The van der Waals surface area contributed by atoms with E-state index in [1.165, 1.54) is 19.3 Å². The number of hydrogen-bond donors (Lipinski definition) is 2. The molecule has 0 bridgehead atoms. The van der Waals surface area contributed by atoms with Crippen molar-refractivity contribution in [3.63, 3.8) is 0 Å². The number of hydrogen-bond acceptors (Lipinski definition) is 3. The van der Waals surface area contributed by atoms with Gasteiger partial charge in [-0.3, -0.25) is 9.69 Å². The van der Waals surface area contributed by atoms with Gasteiger partial charge in [0.05, 0.1) is 0 Å². The minimum absolute atomic E-state index is 0.0157. The molecule has 1 aliphatic heterocycles. The van der Waals surface area contributed by atoms with Crippen LogP contribution in [0.1, 0.15) is 43.5 Å². The molecule has 1 aromatic rings. The van der Waals surface area contributed by atoms with Crippen molar-refractivity contribution in [2.75, 3.05) is 31.5 Å². The highest BCUT2D eigenvalue weighted by Crippen LogP contribution is 2.12. The Hall–Kier alpha value is -1.55. The third-order valence-electron chi connectivity index (χ3n) is 4.10. The summed E-state index contributed by atoms with van der Waals surface area (Å²) >= 11 is 0. The number of carbonyl (C=O) groups is 1. The third-order valence-corrected chi connectivity index (χ3v) is 4.10. The van der Waals surface area contributed by atoms with Crippen LogP contribution in [0.3, 0.4) is 0 Å². The van der Waals surface area contributed by atoms with E-state index in [-0.39, 0.29) is 5.91 Å². The molecule has 2 rings (SSSR count). The van der Waals surface area contributed by atoms with Crippen LogP contribution in [0.5, 0.6) is 0 Å². The highest BCUT2D eigenvalue weighted by atomic mass is 16.1. The van der Waals surface area contributed by atoms with Crippen LogP contribution in [0.15, 0.2) is 24.3 Å². The summed E-state index contributed by atoms with van der Waals surface area (Å²) in [5.41, 5.74) is 1.78. The summed E-state index contributed by atoms with van der Waals surface area (Å²) in [6.07, 6.45) is 3.90. The summed E-state index contributed by atoms with van der Waals surface area (Å²) in [6, 6.07) is 8.06. The molecular formula is C17H27N3O. The Morgan fingerprint density at radius 1 is 1.19 bits per heavy atom. The number of piperidine rings is 1. The molecule has 4 nitrogen and oxygen atoms in total. The zero-order chi connectivity index (χ0) is 15.1. The van der Waals surface area contributed by atoms with Gasteiger partial charge < -0.3 is 10.6 Å². The Labute approximate surface area is 127 Å². The Balaban J connectivity index is 1.80. The summed E-state index contributed by atoms with van der Waals surface area (Å²) in [7, 11) is 0. The second-order valence-electron chi connectivity index (χ2n) is 5.76. The minimum Gasteiger partial charge on any atom is -0.385 e. The maximum absolute atomic E-state index is 12.2. The van der Waals surface area contributed by atoms with E-state index < -0.39 is 0 Å². The van der Waals surface area contributed by atoms with Crippen molar-refractivity contribution in [2.24, 2.45) is 0 Å². The maximum atomic E-state index is 12.2. The zero-order valence-corrected chi connectivity index (χ0v) is 13.2. The van der Waals surface area contributed by atoms with Crippen molar-refractivity contribution < 1.29 is 4.79 Å². The van der Waals surface area contributed by atoms with E-state index in [2.05, 4.69) is 29.4 Å². The van der Waals surface area contributed by atoms with Crippen LogP contribution >= 0.6 is 0 Å². The van der Waals surface area contributed by atoms with Crippen molar-refractivity contribution in [3.05, 3.63) is 29.8 Å². The first kappa shape index (κ1) is 15.8. The molecule has 1 aliphatic rings. The molecule has 0 spiro atoms. The smallest absolute Gasteiger partial charge is 0.251 e. The van der Waals surface area contributed by atoms with Gasteiger partial charge in [0.25, 0.3) is 5.91 Å². The quantitative estimate of drug-likeness (QED) is 0.846. The zero-order valence-electron chi connectivity index (χ0n) is 13.2. The number of benzene rings is 1. The predicted molar refractivity (Wildman–Crippen MR) is 87.8 cm³/mol. The number of rotatable bonds is 6. The second kappa shape index (κ2) is 8.03. The molecule has 1 atom stereocenters. The fourth-order valence-corrected chi connectivity index (χ4v) is 2.77. The molecule has 1 amide bonds. The van der Waals surface area contributed by atoms with Gasteiger partial charge in [-0.25, -0.2) is 0 Å². The van der Waals surface area contributed by atoms with Crippen LogP contribution in [-0.2, 0) is 0 Å². The van der Waals surface area contributed by atoms with Gasteiger partial charge in [-0.2, -0.15) is 0 Å². The lowest BCUT2D eigenvalue weighted by atomic mass is 10.1. The summed E-state index contributed by atoms with van der Waals surface area (Å²) in [5, 5.41) is 6.27. The van der Waals surface area contributed by atoms with Gasteiger partial charge in [0.15, 0.2) is 0 Å². The van der Waals surface area contributed by atoms with Gasteiger partial charge in [0, 0.05) is 30.4 Å². The molecule has 1 fully saturated rings. The van der Waals surface area contributed by atoms with Crippen molar-refractivity contribution >= 4 is 11.6 Å². The Kier molecular flexibility index (Phi) is 6.05. The molecule has 4 heteroatoms. The number of nitrogens with zero attached hydrogens (tertiary/aromatic N) is 1. The Morgan fingerprint density at radius 3 is 2.48 bits per heavy atom. The fraction of sp³-hybridized carbons (Fsp3) is 0.588. The van der Waals surface area contributed by atoms with Gasteiger partial charge in [0.2, 0.25) is 0 Å². The van der Waals surface area contributed by atoms with Crippen molar-refractivity contribution in [2.45, 2.75) is 39.2 Å². The van der Waals surface area contributed by atoms with Crippen LogP contribution in [0.4, 0.5) is 5.69 Å². The molecule has 0 saturated carbocycles. The van der Waals surface area contributed by atoms with E-state index in [1.54, 1.807) is 0 Å². The highest BCUT2D eigenvalue weighted by molar-refractivity contribution is 5.94. The molecule has 0 radical (unpaired) electrons. The molecule has 0 aliphatic carbocycles. The van der Waals surface area contributed by atoms with Gasteiger partial charge in [-0.1, -0.05) is 6.42 Å². The standard InChI is InChI=1S/C17H27N3O/c1-3-18-16-9-7-15(8-10-16)17(21)19-13-14(2)20-11-5-4-6-12-20/h7-10,14,18H,3-6,11-13H2,1-2H3,(H,19,21). The monoisotopic (exact) mass is 289 g/mol. The SMILES string of the molecule is CCNc1ccc(C(=O)NCC(C)N2CCCCC2)cc1. The van der Waals surface area contributed by atoms with Gasteiger partial charge >= 0.3 is 0 Å². The summed E-state index contributed by atoms with van der Waals surface area (Å²) < 4.78 is 0.